The van der Waals surface area contributed by atoms with E-state index in [0.717, 1.165) is 40.1 Å². The number of imidazole rings is 1. The minimum absolute atomic E-state index is 0.00538. The fourth-order valence-corrected chi connectivity index (χ4v) is 3.60. The van der Waals surface area contributed by atoms with E-state index in [1.807, 2.05) is 48.5 Å². The third-order valence-electron chi connectivity index (χ3n) is 5.24. The first-order chi connectivity index (χ1) is 13.7. The number of hydrogen-bond donors (Lipinski definition) is 2. The van der Waals surface area contributed by atoms with Gasteiger partial charge in [-0.15, -0.1) is 0 Å². The third-order valence-corrected chi connectivity index (χ3v) is 5.24. The number of carbonyl (C=O) groups excluding carboxylic acids is 1. The smallest absolute Gasteiger partial charge is 0.228 e. The number of nitrogens with one attached hydrogen (secondary N) is 2. The van der Waals surface area contributed by atoms with E-state index in [1.54, 1.807) is 12.1 Å². The standard InChI is InChI=1S/C23H18FN3O/c24-16-9-5-14(6-10-16)18-13-19(18)23(28)25-17-11-7-15(8-12-17)22-26-20-3-1-2-4-21(20)27-22/h1-12,18-19H,13H2,(H,25,28)(H,26,27). The van der Waals surface area contributed by atoms with Crippen molar-refractivity contribution in [2.45, 2.75) is 12.3 Å². The second kappa shape index (κ2) is 6.60. The van der Waals surface area contributed by atoms with E-state index < -0.39 is 0 Å². The van der Waals surface area contributed by atoms with Crippen LogP contribution in [0.15, 0.2) is 72.8 Å². The number of rotatable bonds is 4. The molecule has 2 atom stereocenters. The van der Waals surface area contributed by atoms with Crippen LogP contribution in [0.4, 0.5) is 10.1 Å². The number of halogens is 1. The highest BCUT2D eigenvalue weighted by molar-refractivity contribution is 5.95. The fraction of sp³-hybridized carbons (Fsp3) is 0.130. The van der Waals surface area contributed by atoms with Gasteiger partial charge in [0.05, 0.1) is 11.0 Å². The molecule has 1 aliphatic rings. The van der Waals surface area contributed by atoms with Crippen LogP contribution in [0.3, 0.4) is 0 Å². The molecule has 4 aromatic rings. The Balaban J connectivity index is 1.26. The monoisotopic (exact) mass is 371 g/mol. The number of aromatic nitrogens is 2. The van der Waals surface area contributed by atoms with Gasteiger partial charge in [0.1, 0.15) is 11.6 Å². The van der Waals surface area contributed by atoms with Crippen LogP contribution in [-0.4, -0.2) is 15.9 Å². The van der Waals surface area contributed by atoms with E-state index in [-0.39, 0.29) is 23.6 Å². The van der Waals surface area contributed by atoms with Crippen molar-refractivity contribution < 1.29 is 9.18 Å². The fourth-order valence-electron chi connectivity index (χ4n) is 3.60. The maximum atomic E-state index is 13.0. The first-order valence-electron chi connectivity index (χ1n) is 9.29. The molecule has 138 valence electrons. The molecule has 4 nitrogen and oxygen atoms in total. The highest BCUT2D eigenvalue weighted by Crippen LogP contribution is 2.48. The highest BCUT2D eigenvalue weighted by atomic mass is 19.1. The number of fused-ring (bicyclic) bond motifs is 1. The van der Waals surface area contributed by atoms with Crippen molar-refractivity contribution in [1.29, 1.82) is 0 Å². The molecule has 1 aromatic heterocycles. The molecule has 5 rings (SSSR count). The molecule has 0 bridgehead atoms. The van der Waals surface area contributed by atoms with Crippen molar-refractivity contribution in [2.24, 2.45) is 5.92 Å². The maximum absolute atomic E-state index is 13.0. The lowest BCUT2D eigenvalue weighted by Gasteiger charge is -2.06. The Kier molecular flexibility index (Phi) is 3.93. The topological polar surface area (TPSA) is 57.8 Å². The number of nitrogens with zero attached hydrogens (tertiary/aromatic N) is 1. The number of carbonyl (C=O) groups is 1. The van der Waals surface area contributed by atoms with Crippen LogP contribution < -0.4 is 5.32 Å². The summed E-state index contributed by atoms with van der Waals surface area (Å²) in [7, 11) is 0. The van der Waals surface area contributed by atoms with Gasteiger partial charge in [-0.2, -0.15) is 0 Å². The van der Waals surface area contributed by atoms with Crippen molar-refractivity contribution in [3.8, 4) is 11.4 Å². The van der Waals surface area contributed by atoms with Gasteiger partial charge >= 0.3 is 0 Å². The molecular formula is C23H18FN3O. The summed E-state index contributed by atoms with van der Waals surface area (Å²) >= 11 is 0. The molecule has 0 aliphatic heterocycles. The van der Waals surface area contributed by atoms with Gasteiger partial charge in [0.25, 0.3) is 0 Å². The van der Waals surface area contributed by atoms with Crippen LogP contribution in [0, 0.1) is 11.7 Å². The number of H-pyrrole nitrogens is 1. The van der Waals surface area contributed by atoms with Crippen molar-refractivity contribution in [3.05, 3.63) is 84.2 Å². The number of amides is 1. The van der Waals surface area contributed by atoms with Gasteiger partial charge in [0.15, 0.2) is 0 Å². The average Bonchev–Trinajstić information content (AvgIpc) is 3.40. The van der Waals surface area contributed by atoms with E-state index in [9.17, 15) is 9.18 Å². The molecular weight excluding hydrogens is 353 g/mol. The van der Waals surface area contributed by atoms with Gasteiger partial charge in [-0.05, 0) is 66.4 Å². The van der Waals surface area contributed by atoms with Crippen LogP contribution in [0.2, 0.25) is 0 Å². The molecule has 0 saturated heterocycles. The Morgan fingerprint density at radius 2 is 1.75 bits per heavy atom. The number of anilines is 1. The number of aromatic amines is 1. The molecule has 28 heavy (non-hydrogen) atoms. The summed E-state index contributed by atoms with van der Waals surface area (Å²) < 4.78 is 13.0. The molecule has 0 spiro atoms. The summed E-state index contributed by atoms with van der Waals surface area (Å²) in [5.74, 6) is 0.675. The summed E-state index contributed by atoms with van der Waals surface area (Å²) in [4.78, 5) is 20.4. The Morgan fingerprint density at radius 3 is 2.50 bits per heavy atom. The Hall–Kier alpha value is -3.47. The van der Waals surface area contributed by atoms with Crippen molar-refractivity contribution in [1.82, 2.24) is 9.97 Å². The van der Waals surface area contributed by atoms with Gasteiger partial charge in [-0.1, -0.05) is 24.3 Å². The summed E-state index contributed by atoms with van der Waals surface area (Å²) in [5, 5.41) is 2.98. The van der Waals surface area contributed by atoms with Crippen molar-refractivity contribution in [2.75, 3.05) is 5.32 Å². The predicted octanol–water partition coefficient (Wildman–Crippen LogP) is 5.11. The lowest BCUT2D eigenvalue weighted by Crippen LogP contribution is -2.14. The second-order valence-electron chi connectivity index (χ2n) is 7.17. The number of hydrogen-bond acceptors (Lipinski definition) is 2. The first-order valence-corrected chi connectivity index (χ1v) is 9.29. The van der Waals surface area contributed by atoms with E-state index in [4.69, 9.17) is 0 Å². The molecule has 1 aliphatic carbocycles. The number of benzene rings is 3. The minimum atomic E-state index is -0.255. The summed E-state index contributed by atoms with van der Waals surface area (Å²) in [5.41, 5.74) is 4.66. The van der Waals surface area contributed by atoms with Crippen molar-refractivity contribution >= 4 is 22.6 Å². The van der Waals surface area contributed by atoms with E-state index in [1.165, 1.54) is 12.1 Å². The Bertz CT molecular complexity index is 1120. The maximum Gasteiger partial charge on any atom is 0.228 e. The summed E-state index contributed by atoms with van der Waals surface area (Å²) in [6.07, 6.45) is 0.800. The molecule has 5 heteroatoms. The van der Waals surface area contributed by atoms with E-state index in [2.05, 4.69) is 15.3 Å². The van der Waals surface area contributed by atoms with Gasteiger partial charge in [0.2, 0.25) is 5.91 Å². The molecule has 1 amide bonds. The SMILES string of the molecule is O=C(Nc1ccc(-c2nc3ccccc3[nH]2)cc1)C1CC1c1ccc(F)cc1. The van der Waals surface area contributed by atoms with Gasteiger partial charge in [-0.25, -0.2) is 9.37 Å². The zero-order valence-corrected chi connectivity index (χ0v) is 15.0. The van der Waals surface area contributed by atoms with Crippen LogP contribution in [0.25, 0.3) is 22.4 Å². The molecule has 2 N–H and O–H groups in total. The second-order valence-corrected chi connectivity index (χ2v) is 7.17. The summed E-state index contributed by atoms with van der Waals surface area (Å²) in [6.45, 7) is 0. The minimum Gasteiger partial charge on any atom is -0.338 e. The van der Waals surface area contributed by atoms with Gasteiger partial charge < -0.3 is 10.3 Å². The van der Waals surface area contributed by atoms with Crippen molar-refractivity contribution in [3.63, 3.8) is 0 Å². The van der Waals surface area contributed by atoms with Crippen LogP contribution in [-0.2, 0) is 4.79 Å². The molecule has 3 aromatic carbocycles. The van der Waals surface area contributed by atoms with Gasteiger partial charge in [0, 0.05) is 17.2 Å². The summed E-state index contributed by atoms with van der Waals surface area (Å²) in [6, 6.07) is 22.0. The molecule has 1 heterocycles. The van der Waals surface area contributed by atoms with Gasteiger partial charge in [-0.3, -0.25) is 4.79 Å². The predicted molar refractivity (Wildman–Crippen MR) is 107 cm³/mol. The van der Waals surface area contributed by atoms with Crippen LogP contribution in [0.1, 0.15) is 17.9 Å². The molecule has 0 radical (unpaired) electrons. The molecule has 1 fully saturated rings. The average molecular weight is 371 g/mol. The molecule has 2 unspecified atom stereocenters. The van der Waals surface area contributed by atoms with Crippen LogP contribution >= 0.6 is 0 Å². The molecule has 1 saturated carbocycles. The van der Waals surface area contributed by atoms with Crippen LogP contribution in [0.5, 0.6) is 0 Å². The Morgan fingerprint density at radius 1 is 1.00 bits per heavy atom. The largest absolute Gasteiger partial charge is 0.338 e. The zero-order chi connectivity index (χ0) is 19.1. The highest BCUT2D eigenvalue weighted by Gasteiger charge is 2.43. The normalized spacial score (nSPS) is 18.2. The quantitative estimate of drug-likeness (QED) is 0.524. The third kappa shape index (κ3) is 3.16. The Labute approximate surface area is 161 Å². The lowest BCUT2D eigenvalue weighted by atomic mass is 10.1. The number of para-hydroxylation sites is 2. The lowest BCUT2D eigenvalue weighted by molar-refractivity contribution is -0.117. The van der Waals surface area contributed by atoms with E-state index >= 15 is 0 Å². The van der Waals surface area contributed by atoms with E-state index in [0.29, 0.717) is 0 Å². The first kappa shape index (κ1) is 16.7. The zero-order valence-electron chi connectivity index (χ0n) is 15.0.